The third kappa shape index (κ3) is 3.85. The molecular weight excluding hydrogens is 439 g/mol. The van der Waals surface area contributed by atoms with Gasteiger partial charge in [0.15, 0.2) is 0 Å². The normalized spacial score (nSPS) is 25.1. The molecule has 3 heterocycles. The predicted octanol–water partition coefficient (Wildman–Crippen LogP) is 3.19. The van der Waals surface area contributed by atoms with Gasteiger partial charge >= 0.3 is 0 Å². The lowest BCUT2D eigenvalue weighted by atomic mass is 9.93. The highest BCUT2D eigenvalue weighted by atomic mass is 19.1. The first-order valence-corrected chi connectivity index (χ1v) is 12.1. The molecule has 5 rings (SSSR count). The quantitative estimate of drug-likeness (QED) is 0.702. The molecular formula is C25H31FN4O4. The van der Waals surface area contributed by atoms with Gasteiger partial charge in [-0.1, -0.05) is 12.8 Å². The van der Waals surface area contributed by atoms with Gasteiger partial charge in [0.1, 0.15) is 17.1 Å². The third-order valence-corrected chi connectivity index (χ3v) is 7.43. The van der Waals surface area contributed by atoms with Gasteiger partial charge in [-0.3, -0.25) is 14.4 Å². The van der Waals surface area contributed by atoms with Crippen LogP contribution in [0.3, 0.4) is 0 Å². The number of hydrogen-bond acceptors (Lipinski definition) is 4. The second-order valence-corrected chi connectivity index (χ2v) is 9.93. The van der Waals surface area contributed by atoms with Gasteiger partial charge in [0, 0.05) is 31.5 Å². The zero-order valence-electron chi connectivity index (χ0n) is 19.7. The van der Waals surface area contributed by atoms with Crippen molar-refractivity contribution in [3.63, 3.8) is 0 Å². The van der Waals surface area contributed by atoms with Crippen LogP contribution in [0, 0.1) is 5.82 Å². The van der Waals surface area contributed by atoms with E-state index in [-0.39, 0.29) is 54.3 Å². The first-order chi connectivity index (χ1) is 16.3. The monoisotopic (exact) mass is 470 g/mol. The van der Waals surface area contributed by atoms with Crippen LogP contribution in [-0.4, -0.2) is 58.0 Å². The van der Waals surface area contributed by atoms with Crippen molar-refractivity contribution in [3.05, 3.63) is 29.7 Å². The Morgan fingerprint density at radius 1 is 1.21 bits per heavy atom. The smallest absolute Gasteiger partial charge is 0.273 e. The highest BCUT2D eigenvalue weighted by Crippen LogP contribution is 2.39. The zero-order valence-corrected chi connectivity index (χ0v) is 19.7. The number of nitrogens with zero attached hydrogens (tertiary/aromatic N) is 2. The Morgan fingerprint density at radius 3 is 2.65 bits per heavy atom. The second-order valence-electron chi connectivity index (χ2n) is 9.93. The average Bonchev–Trinajstić information content (AvgIpc) is 3.53. The van der Waals surface area contributed by atoms with Crippen LogP contribution in [0.2, 0.25) is 0 Å². The highest BCUT2D eigenvalue weighted by molar-refractivity contribution is 6.14. The summed E-state index contributed by atoms with van der Waals surface area (Å²) in [5.74, 6) is -1.38. The largest absolute Gasteiger partial charge is 0.376 e. The number of hydrogen-bond donors (Lipinski definition) is 2. The van der Waals surface area contributed by atoms with Gasteiger partial charge in [0.05, 0.1) is 23.9 Å². The molecule has 1 aromatic carbocycles. The maximum absolute atomic E-state index is 14.2. The van der Waals surface area contributed by atoms with Crippen LogP contribution in [0.5, 0.6) is 0 Å². The van der Waals surface area contributed by atoms with E-state index in [4.69, 9.17) is 4.74 Å². The van der Waals surface area contributed by atoms with Gasteiger partial charge in [-0.25, -0.2) is 4.39 Å². The van der Waals surface area contributed by atoms with Crippen molar-refractivity contribution in [1.82, 2.24) is 14.8 Å². The minimum Gasteiger partial charge on any atom is -0.376 e. The summed E-state index contributed by atoms with van der Waals surface area (Å²) < 4.78 is 21.7. The number of aromatic nitrogens is 1. The molecule has 9 heteroatoms. The lowest BCUT2D eigenvalue weighted by Gasteiger charge is -2.45. The van der Waals surface area contributed by atoms with E-state index >= 15 is 0 Å². The lowest BCUT2D eigenvalue weighted by molar-refractivity contribution is -0.134. The number of fused-ring (bicyclic) bond motifs is 3. The molecule has 182 valence electrons. The number of benzene rings is 1. The molecule has 1 aromatic heterocycles. The number of carbonyl (C=O) groups excluding carboxylic acids is 3. The van der Waals surface area contributed by atoms with Crippen molar-refractivity contribution < 1.29 is 23.5 Å². The molecule has 3 aliphatic rings. The molecule has 2 fully saturated rings. The van der Waals surface area contributed by atoms with Crippen LogP contribution >= 0.6 is 0 Å². The van der Waals surface area contributed by atoms with Crippen molar-refractivity contribution in [3.8, 4) is 0 Å². The summed E-state index contributed by atoms with van der Waals surface area (Å²) in [7, 11) is 0. The van der Waals surface area contributed by atoms with Crippen molar-refractivity contribution in [2.24, 2.45) is 0 Å². The van der Waals surface area contributed by atoms with E-state index in [1.807, 2.05) is 0 Å². The summed E-state index contributed by atoms with van der Waals surface area (Å²) in [6, 6.07) is 4.35. The molecule has 2 aromatic rings. The summed E-state index contributed by atoms with van der Waals surface area (Å²) >= 11 is 0. The Kier molecular flexibility index (Phi) is 5.83. The maximum atomic E-state index is 14.2. The van der Waals surface area contributed by atoms with Gasteiger partial charge in [-0.15, -0.1) is 0 Å². The molecule has 8 nitrogen and oxygen atoms in total. The van der Waals surface area contributed by atoms with E-state index in [1.165, 1.54) is 19.1 Å². The first kappa shape index (κ1) is 22.8. The topological polar surface area (TPSA) is 92.7 Å². The van der Waals surface area contributed by atoms with Crippen molar-refractivity contribution in [2.45, 2.75) is 76.6 Å². The molecule has 2 aliphatic heterocycles. The summed E-state index contributed by atoms with van der Waals surface area (Å²) in [5.41, 5.74) is -0.0143. The number of anilines is 1. The Morgan fingerprint density at radius 2 is 1.97 bits per heavy atom. The van der Waals surface area contributed by atoms with Crippen LogP contribution < -0.4 is 10.6 Å². The van der Waals surface area contributed by atoms with E-state index < -0.39 is 11.4 Å². The summed E-state index contributed by atoms with van der Waals surface area (Å²) in [5, 5.41) is 6.35. The molecule has 0 spiro atoms. The summed E-state index contributed by atoms with van der Waals surface area (Å²) in [6.07, 6.45) is 5.61. The average molecular weight is 471 g/mol. The fraction of sp³-hybridized carbons (Fsp3) is 0.560. The van der Waals surface area contributed by atoms with E-state index in [2.05, 4.69) is 10.6 Å². The molecule has 3 amide bonds. The van der Waals surface area contributed by atoms with Gasteiger partial charge in [-0.2, -0.15) is 0 Å². The van der Waals surface area contributed by atoms with E-state index in [9.17, 15) is 18.8 Å². The zero-order chi connectivity index (χ0) is 24.0. The predicted molar refractivity (Wildman–Crippen MR) is 125 cm³/mol. The van der Waals surface area contributed by atoms with Crippen LogP contribution in [0.25, 0.3) is 10.9 Å². The number of amides is 3. The Balaban J connectivity index is 1.62. The number of carbonyl (C=O) groups is 3. The highest BCUT2D eigenvalue weighted by Gasteiger charge is 2.50. The Labute approximate surface area is 197 Å². The first-order valence-electron chi connectivity index (χ1n) is 12.1. The maximum Gasteiger partial charge on any atom is 0.273 e. The lowest BCUT2D eigenvalue weighted by Crippen LogP contribution is -2.66. The van der Waals surface area contributed by atoms with E-state index in [0.29, 0.717) is 17.5 Å². The minimum absolute atomic E-state index is 0.107. The van der Waals surface area contributed by atoms with Crippen molar-refractivity contribution >= 4 is 34.3 Å². The SMILES string of the molecule is CC(=O)Nc1c2n(c3ccc(F)cc13)C[C@](C)(C(=O)NC1CCCC1)N(C[C@@H]1CCCO1)C2=O. The van der Waals surface area contributed by atoms with Crippen LogP contribution in [0.15, 0.2) is 18.2 Å². The molecule has 2 atom stereocenters. The molecule has 0 unspecified atom stereocenters. The van der Waals surface area contributed by atoms with E-state index in [1.54, 1.807) is 22.5 Å². The van der Waals surface area contributed by atoms with Crippen LogP contribution in [0.4, 0.5) is 10.1 Å². The Hall–Kier alpha value is -2.94. The molecule has 0 bridgehead atoms. The Bertz CT molecular complexity index is 1150. The summed E-state index contributed by atoms with van der Waals surface area (Å²) in [6.45, 7) is 4.25. The van der Waals surface area contributed by atoms with E-state index in [0.717, 1.165) is 38.5 Å². The van der Waals surface area contributed by atoms with Crippen LogP contribution in [-0.2, 0) is 20.9 Å². The number of nitrogens with one attached hydrogen (secondary N) is 2. The third-order valence-electron chi connectivity index (χ3n) is 7.43. The molecule has 2 N–H and O–H groups in total. The van der Waals surface area contributed by atoms with Gasteiger partial charge in [-0.05, 0) is 50.8 Å². The molecule has 1 saturated carbocycles. The number of rotatable bonds is 5. The van der Waals surface area contributed by atoms with Crippen molar-refractivity contribution in [1.29, 1.82) is 0 Å². The number of halogens is 1. The fourth-order valence-electron chi connectivity index (χ4n) is 5.64. The number of ether oxygens (including phenoxy) is 1. The van der Waals surface area contributed by atoms with Gasteiger partial charge in [0.2, 0.25) is 11.8 Å². The molecule has 0 radical (unpaired) electrons. The fourth-order valence-corrected chi connectivity index (χ4v) is 5.64. The summed E-state index contributed by atoms with van der Waals surface area (Å²) in [4.78, 5) is 41.3. The molecule has 1 saturated heterocycles. The molecule has 1 aliphatic carbocycles. The van der Waals surface area contributed by atoms with Crippen molar-refractivity contribution in [2.75, 3.05) is 18.5 Å². The van der Waals surface area contributed by atoms with Crippen LogP contribution in [0.1, 0.15) is 62.9 Å². The minimum atomic E-state index is -1.16. The van der Waals surface area contributed by atoms with Gasteiger partial charge < -0.3 is 24.8 Å². The van der Waals surface area contributed by atoms with Gasteiger partial charge in [0.25, 0.3) is 5.91 Å². The molecule has 34 heavy (non-hydrogen) atoms. The standard InChI is InChI=1S/C25H31FN4O4/c1-15(31)27-21-19-12-16(26)9-10-20(19)29-14-25(2,24(33)28-17-6-3-4-7-17)30(23(32)22(21)29)13-18-8-5-11-34-18/h9-10,12,17-18H,3-8,11,13-14H2,1-2H3,(H,27,31)(H,28,33)/t18-,25+/m0/s1. The second kappa shape index (κ2) is 8.69.